The van der Waals surface area contributed by atoms with Gasteiger partial charge < -0.3 is 5.32 Å². The van der Waals surface area contributed by atoms with Gasteiger partial charge in [0, 0.05) is 13.1 Å². The van der Waals surface area contributed by atoms with E-state index < -0.39 is 10.0 Å². The fraction of sp³-hybridized carbons (Fsp3) is 0.600. The molecule has 0 unspecified atom stereocenters. The Kier molecular flexibility index (Phi) is 4.70. The summed E-state index contributed by atoms with van der Waals surface area (Å²) in [7, 11) is -3.42. The van der Waals surface area contributed by atoms with Crippen molar-refractivity contribution in [2.24, 2.45) is 5.41 Å². The Balaban J connectivity index is 2.13. The SMILES string of the molecule is CCCNS(=O)(=O)c1ccccc1NCC1(CC)CC1. The van der Waals surface area contributed by atoms with Crippen LogP contribution in [0.1, 0.15) is 39.5 Å². The molecule has 1 aliphatic rings. The zero-order chi connectivity index (χ0) is 14.6. The molecule has 0 radical (unpaired) electrons. The molecule has 4 nitrogen and oxygen atoms in total. The Hall–Kier alpha value is -1.07. The van der Waals surface area contributed by atoms with Crippen LogP contribution in [0.5, 0.6) is 0 Å². The summed E-state index contributed by atoms with van der Waals surface area (Å²) in [6, 6.07) is 7.13. The highest BCUT2D eigenvalue weighted by atomic mass is 32.2. The Morgan fingerprint density at radius 1 is 1.20 bits per heavy atom. The van der Waals surface area contributed by atoms with Gasteiger partial charge in [0.1, 0.15) is 4.90 Å². The Bertz CT molecular complexity index is 551. The molecule has 1 aromatic carbocycles. The van der Waals surface area contributed by atoms with Crippen molar-refractivity contribution in [3.63, 3.8) is 0 Å². The van der Waals surface area contributed by atoms with Gasteiger partial charge >= 0.3 is 0 Å². The summed E-state index contributed by atoms with van der Waals surface area (Å²) in [5.74, 6) is 0. The minimum Gasteiger partial charge on any atom is -0.383 e. The first-order valence-corrected chi connectivity index (χ1v) is 8.84. The van der Waals surface area contributed by atoms with E-state index in [9.17, 15) is 8.42 Å². The highest BCUT2D eigenvalue weighted by molar-refractivity contribution is 7.89. The second-order valence-corrected chi connectivity index (χ2v) is 7.34. The third kappa shape index (κ3) is 3.52. The maximum atomic E-state index is 12.3. The summed E-state index contributed by atoms with van der Waals surface area (Å²) >= 11 is 0. The second-order valence-electron chi connectivity index (χ2n) is 5.60. The number of anilines is 1. The average Bonchev–Trinajstić information content (AvgIpc) is 3.24. The zero-order valence-electron chi connectivity index (χ0n) is 12.3. The number of rotatable bonds is 8. The molecule has 0 bridgehead atoms. The molecular formula is C15H24N2O2S. The standard InChI is InChI=1S/C15H24N2O2S/c1-3-11-17-20(18,19)14-8-6-5-7-13(14)16-12-15(4-2)9-10-15/h5-8,16-17H,3-4,9-12H2,1-2H3. The summed E-state index contributed by atoms with van der Waals surface area (Å²) in [6.07, 6.45) is 4.40. The predicted molar refractivity (Wildman–Crippen MR) is 82.4 cm³/mol. The van der Waals surface area contributed by atoms with Crippen LogP contribution >= 0.6 is 0 Å². The largest absolute Gasteiger partial charge is 0.383 e. The minimum absolute atomic E-state index is 0.348. The smallest absolute Gasteiger partial charge is 0.242 e. The fourth-order valence-corrected chi connectivity index (χ4v) is 3.59. The Labute approximate surface area is 122 Å². The molecule has 1 aliphatic carbocycles. The second kappa shape index (κ2) is 6.14. The van der Waals surface area contributed by atoms with E-state index in [0.29, 0.717) is 22.5 Å². The molecule has 0 aromatic heterocycles. The molecule has 0 aliphatic heterocycles. The van der Waals surface area contributed by atoms with Crippen molar-refractivity contribution in [3.05, 3.63) is 24.3 Å². The van der Waals surface area contributed by atoms with Gasteiger partial charge in [-0.25, -0.2) is 13.1 Å². The quantitative estimate of drug-likeness (QED) is 0.775. The summed E-state index contributed by atoms with van der Waals surface area (Å²) < 4.78 is 27.2. The molecule has 0 atom stereocenters. The van der Waals surface area contributed by atoms with Crippen LogP contribution in [0.25, 0.3) is 0 Å². The topological polar surface area (TPSA) is 58.2 Å². The van der Waals surface area contributed by atoms with Crippen LogP contribution in [-0.4, -0.2) is 21.5 Å². The Morgan fingerprint density at radius 2 is 1.90 bits per heavy atom. The van der Waals surface area contributed by atoms with Crippen molar-refractivity contribution in [1.82, 2.24) is 4.72 Å². The monoisotopic (exact) mass is 296 g/mol. The van der Waals surface area contributed by atoms with Crippen LogP contribution in [0.4, 0.5) is 5.69 Å². The average molecular weight is 296 g/mol. The highest BCUT2D eigenvalue weighted by Crippen LogP contribution is 2.48. The van der Waals surface area contributed by atoms with Gasteiger partial charge in [-0.05, 0) is 43.2 Å². The van der Waals surface area contributed by atoms with Crippen LogP contribution in [0.15, 0.2) is 29.2 Å². The number of hydrogen-bond donors (Lipinski definition) is 2. The van der Waals surface area contributed by atoms with Gasteiger partial charge in [-0.15, -0.1) is 0 Å². The third-order valence-corrected chi connectivity index (χ3v) is 5.60. The van der Waals surface area contributed by atoms with E-state index in [-0.39, 0.29) is 0 Å². The molecular weight excluding hydrogens is 272 g/mol. The van der Waals surface area contributed by atoms with Crippen molar-refractivity contribution in [2.45, 2.75) is 44.4 Å². The van der Waals surface area contributed by atoms with Gasteiger partial charge in [0.25, 0.3) is 0 Å². The van der Waals surface area contributed by atoms with Crippen LogP contribution in [-0.2, 0) is 10.0 Å². The van der Waals surface area contributed by atoms with Crippen molar-refractivity contribution < 1.29 is 8.42 Å². The van der Waals surface area contributed by atoms with Crippen molar-refractivity contribution in [1.29, 1.82) is 0 Å². The highest BCUT2D eigenvalue weighted by Gasteiger charge is 2.40. The summed E-state index contributed by atoms with van der Waals surface area (Å²) in [4.78, 5) is 0.348. The third-order valence-electron chi connectivity index (χ3n) is 4.08. The predicted octanol–water partition coefficient (Wildman–Crippen LogP) is 2.98. The van der Waals surface area contributed by atoms with E-state index in [2.05, 4.69) is 17.0 Å². The number of hydrogen-bond acceptors (Lipinski definition) is 3. The van der Waals surface area contributed by atoms with Gasteiger partial charge in [-0.3, -0.25) is 0 Å². The molecule has 112 valence electrons. The first-order chi connectivity index (χ1) is 9.53. The lowest BCUT2D eigenvalue weighted by molar-refractivity contribution is 0.520. The van der Waals surface area contributed by atoms with Crippen LogP contribution in [0, 0.1) is 5.41 Å². The number of para-hydroxylation sites is 1. The van der Waals surface area contributed by atoms with Crippen LogP contribution in [0.2, 0.25) is 0 Å². The first-order valence-electron chi connectivity index (χ1n) is 7.35. The zero-order valence-corrected chi connectivity index (χ0v) is 13.1. The lowest BCUT2D eigenvalue weighted by Gasteiger charge is -2.17. The summed E-state index contributed by atoms with van der Waals surface area (Å²) in [5, 5.41) is 3.33. The molecule has 2 rings (SSSR count). The molecule has 1 aromatic rings. The summed E-state index contributed by atoms with van der Waals surface area (Å²) in [5.41, 5.74) is 1.09. The van der Waals surface area contributed by atoms with Gasteiger partial charge in [-0.1, -0.05) is 26.0 Å². The molecule has 5 heteroatoms. The number of benzene rings is 1. The van der Waals surface area contributed by atoms with E-state index in [1.54, 1.807) is 12.1 Å². The maximum absolute atomic E-state index is 12.3. The van der Waals surface area contributed by atoms with Gasteiger partial charge in [0.05, 0.1) is 5.69 Å². The number of nitrogens with one attached hydrogen (secondary N) is 2. The first kappa shape index (κ1) is 15.3. The van der Waals surface area contributed by atoms with E-state index >= 15 is 0 Å². The van der Waals surface area contributed by atoms with Crippen molar-refractivity contribution >= 4 is 15.7 Å². The van der Waals surface area contributed by atoms with Crippen LogP contribution in [0.3, 0.4) is 0 Å². The molecule has 1 fully saturated rings. The van der Waals surface area contributed by atoms with Crippen LogP contribution < -0.4 is 10.0 Å². The maximum Gasteiger partial charge on any atom is 0.242 e. The van der Waals surface area contributed by atoms with E-state index in [1.807, 2.05) is 19.1 Å². The van der Waals surface area contributed by atoms with E-state index in [4.69, 9.17) is 0 Å². The molecule has 0 spiro atoms. The van der Waals surface area contributed by atoms with Gasteiger partial charge in [-0.2, -0.15) is 0 Å². The Morgan fingerprint density at radius 3 is 2.50 bits per heavy atom. The minimum atomic E-state index is -3.42. The van der Waals surface area contributed by atoms with E-state index in [0.717, 1.165) is 19.4 Å². The van der Waals surface area contributed by atoms with E-state index in [1.165, 1.54) is 12.8 Å². The van der Waals surface area contributed by atoms with Gasteiger partial charge in [0.15, 0.2) is 0 Å². The molecule has 2 N–H and O–H groups in total. The summed E-state index contributed by atoms with van der Waals surface area (Å²) in [6.45, 7) is 5.46. The van der Waals surface area contributed by atoms with Crippen molar-refractivity contribution in [2.75, 3.05) is 18.4 Å². The lowest BCUT2D eigenvalue weighted by Crippen LogP contribution is -2.26. The normalized spacial score (nSPS) is 16.9. The molecule has 0 amide bonds. The molecule has 20 heavy (non-hydrogen) atoms. The molecule has 1 saturated carbocycles. The lowest BCUT2D eigenvalue weighted by atomic mass is 10.0. The van der Waals surface area contributed by atoms with Gasteiger partial charge in [0.2, 0.25) is 10.0 Å². The fourth-order valence-electron chi connectivity index (χ4n) is 2.28. The molecule has 0 heterocycles. The van der Waals surface area contributed by atoms with Crippen molar-refractivity contribution in [3.8, 4) is 0 Å². The number of sulfonamides is 1. The molecule has 0 saturated heterocycles.